The summed E-state index contributed by atoms with van der Waals surface area (Å²) in [5, 5.41) is 0. The van der Waals surface area contributed by atoms with Crippen molar-refractivity contribution >= 4 is 0 Å². The van der Waals surface area contributed by atoms with E-state index in [0.29, 0.717) is 11.8 Å². The molecule has 0 spiro atoms. The van der Waals surface area contributed by atoms with Crippen molar-refractivity contribution in [1.82, 2.24) is 4.57 Å². The molecule has 1 aromatic carbocycles. The van der Waals surface area contributed by atoms with Crippen LogP contribution < -0.4 is 5.56 Å². The second-order valence-corrected chi connectivity index (χ2v) is 5.77. The lowest BCUT2D eigenvalue weighted by atomic mass is 10.0. The van der Waals surface area contributed by atoms with Gasteiger partial charge in [-0.05, 0) is 35.1 Å². The van der Waals surface area contributed by atoms with Gasteiger partial charge in [-0.25, -0.2) is 4.39 Å². The summed E-state index contributed by atoms with van der Waals surface area (Å²) < 4.78 is 14.0. The smallest absolute Gasteiger partial charge is 0.250 e. The first kappa shape index (κ1) is 17.2. The van der Waals surface area contributed by atoms with E-state index >= 15 is 0 Å². The van der Waals surface area contributed by atoms with Crippen molar-refractivity contribution in [3.05, 3.63) is 69.9 Å². The predicted octanol–water partition coefficient (Wildman–Crippen LogP) is 4.46. The molecule has 0 aliphatic rings. The molecule has 1 aromatic heterocycles. The molecule has 2 rings (SSSR count). The van der Waals surface area contributed by atoms with E-state index in [-0.39, 0.29) is 11.4 Å². The van der Waals surface area contributed by atoms with E-state index in [0.717, 1.165) is 0 Å². The monoisotopic (exact) mass is 289 g/mol. The molecule has 21 heavy (non-hydrogen) atoms. The van der Waals surface area contributed by atoms with Gasteiger partial charge in [-0.3, -0.25) is 4.79 Å². The second-order valence-electron chi connectivity index (χ2n) is 5.77. The van der Waals surface area contributed by atoms with Gasteiger partial charge < -0.3 is 4.57 Å². The standard InChI is InChI=1S/C9H11F.C9H13NO/c1-7(2)8-3-5-9(10)6-4-8;1-7(2)8-4-5-9(11)10(3)6-8/h3-7H,1-2H3;4-7H,1-3H3. The van der Waals surface area contributed by atoms with Crippen molar-refractivity contribution in [2.45, 2.75) is 39.5 Å². The van der Waals surface area contributed by atoms with Crippen LogP contribution in [0.4, 0.5) is 4.39 Å². The fourth-order valence-electron chi connectivity index (χ4n) is 1.80. The highest BCUT2D eigenvalue weighted by atomic mass is 19.1. The average molecular weight is 289 g/mol. The summed E-state index contributed by atoms with van der Waals surface area (Å²) in [5.74, 6) is 0.812. The molecule has 0 saturated heterocycles. The zero-order valence-electron chi connectivity index (χ0n) is 13.4. The second kappa shape index (κ2) is 7.77. The highest BCUT2D eigenvalue weighted by Crippen LogP contribution is 2.13. The van der Waals surface area contributed by atoms with Crippen LogP contribution in [0.5, 0.6) is 0 Å². The molecule has 2 nitrogen and oxygen atoms in total. The van der Waals surface area contributed by atoms with Crippen LogP contribution in [-0.2, 0) is 7.05 Å². The van der Waals surface area contributed by atoms with Crippen LogP contribution in [0.3, 0.4) is 0 Å². The van der Waals surface area contributed by atoms with Gasteiger partial charge >= 0.3 is 0 Å². The van der Waals surface area contributed by atoms with Crippen LogP contribution >= 0.6 is 0 Å². The number of halogens is 1. The van der Waals surface area contributed by atoms with E-state index < -0.39 is 0 Å². The third-order valence-electron chi connectivity index (χ3n) is 3.31. The molecular formula is C18H24FNO. The van der Waals surface area contributed by atoms with Crippen LogP contribution in [-0.4, -0.2) is 4.57 Å². The number of nitrogens with zero attached hydrogens (tertiary/aromatic N) is 1. The summed E-state index contributed by atoms with van der Waals surface area (Å²) in [7, 11) is 1.77. The maximum Gasteiger partial charge on any atom is 0.250 e. The first-order valence-corrected chi connectivity index (χ1v) is 7.23. The highest BCUT2D eigenvalue weighted by molar-refractivity contribution is 5.18. The highest BCUT2D eigenvalue weighted by Gasteiger charge is 1.98. The van der Waals surface area contributed by atoms with Crippen molar-refractivity contribution in [3.8, 4) is 0 Å². The summed E-state index contributed by atoms with van der Waals surface area (Å²) in [4.78, 5) is 11.0. The Bertz CT molecular complexity index is 612. The predicted molar refractivity (Wildman–Crippen MR) is 86.3 cm³/mol. The van der Waals surface area contributed by atoms with Gasteiger partial charge in [-0.2, -0.15) is 0 Å². The van der Waals surface area contributed by atoms with E-state index in [2.05, 4.69) is 27.7 Å². The fourth-order valence-corrected chi connectivity index (χ4v) is 1.80. The molecule has 0 N–H and O–H groups in total. The molecule has 1 heterocycles. The Hall–Kier alpha value is -1.90. The average Bonchev–Trinajstić information content (AvgIpc) is 2.43. The van der Waals surface area contributed by atoms with Crippen LogP contribution in [0, 0.1) is 5.82 Å². The summed E-state index contributed by atoms with van der Waals surface area (Å²) in [6.45, 7) is 8.40. The number of hydrogen-bond donors (Lipinski definition) is 0. The van der Waals surface area contributed by atoms with Gasteiger partial charge in [0.1, 0.15) is 5.82 Å². The molecule has 0 unspecified atom stereocenters. The summed E-state index contributed by atoms with van der Waals surface area (Å²) in [5.41, 5.74) is 2.43. The summed E-state index contributed by atoms with van der Waals surface area (Å²) in [6, 6.07) is 10.1. The molecule has 0 aliphatic carbocycles. The third kappa shape index (κ3) is 5.54. The summed E-state index contributed by atoms with van der Waals surface area (Å²) in [6.07, 6.45) is 1.88. The molecule has 0 radical (unpaired) electrons. The fraction of sp³-hybridized carbons (Fsp3) is 0.389. The van der Waals surface area contributed by atoms with E-state index in [1.54, 1.807) is 17.7 Å². The van der Waals surface area contributed by atoms with Gasteiger partial charge in [-0.15, -0.1) is 0 Å². The number of rotatable bonds is 2. The number of aromatic nitrogens is 1. The largest absolute Gasteiger partial charge is 0.318 e. The topological polar surface area (TPSA) is 22.0 Å². The first-order chi connectivity index (χ1) is 9.81. The Kier molecular flexibility index (Phi) is 6.35. The first-order valence-electron chi connectivity index (χ1n) is 7.23. The van der Waals surface area contributed by atoms with Gasteiger partial charge in [0.2, 0.25) is 5.56 Å². The third-order valence-corrected chi connectivity index (χ3v) is 3.31. The maximum atomic E-state index is 12.4. The molecule has 2 aromatic rings. The zero-order chi connectivity index (χ0) is 16.0. The lowest BCUT2D eigenvalue weighted by Gasteiger charge is -2.05. The van der Waals surface area contributed by atoms with Crippen molar-refractivity contribution in [2.24, 2.45) is 7.05 Å². The Balaban J connectivity index is 0.000000211. The zero-order valence-corrected chi connectivity index (χ0v) is 13.4. The van der Waals surface area contributed by atoms with Crippen LogP contribution in [0.25, 0.3) is 0 Å². The van der Waals surface area contributed by atoms with Gasteiger partial charge in [0, 0.05) is 19.3 Å². The number of pyridine rings is 1. The van der Waals surface area contributed by atoms with E-state index in [1.165, 1.54) is 23.3 Å². The van der Waals surface area contributed by atoms with E-state index in [9.17, 15) is 9.18 Å². The molecular weight excluding hydrogens is 265 g/mol. The number of benzene rings is 1. The van der Waals surface area contributed by atoms with Crippen molar-refractivity contribution in [2.75, 3.05) is 0 Å². The number of aryl methyl sites for hydroxylation is 1. The van der Waals surface area contributed by atoms with Gasteiger partial charge in [-0.1, -0.05) is 45.9 Å². The van der Waals surface area contributed by atoms with Crippen LogP contribution in [0.1, 0.15) is 50.7 Å². The molecule has 0 aliphatic heterocycles. The van der Waals surface area contributed by atoms with Gasteiger partial charge in [0.05, 0.1) is 0 Å². The normalized spacial score (nSPS) is 10.5. The van der Waals surface area contributed by atoms with Crippen molar-refractivity contribution < 1.29 is 4.39 Å². The molecule has 0 fully saturated rings. The minimum atomic E-state index is -0.163. The van der Waals surface area contributed by atoms with Gasteiger partial charge in [0.15, 0.2) is 0 Å². The molecule has 0 bridgehead atoms. The molecule has 0 saturated carbocycles. The molecule has 0 atom stereocenters. The maximum absolute atomic E-state index is 12.4. The quantitative estimate of drug-likeness (QED) is 0.800. The molecule has 3 heteroatoms. The Morgan fingerprint density at radius 2 is 1.33 bits per heavy atom. The molecule has 114 valence electrons. The summed E-state index contributed by atoms with van der Waals surface area (Å²) >= 11 is 0. The van der Waals surface area contributed by atoms with Gasteiger partial charge in [0.25, 0.3) is 0 Å². The Morgan fingerprint density at radius 3 is 1.76 bits per heavy atom. The van der Waals surface area contributed by atoms with Crippen molar-refractivity contribution in [3.63, 3.8) is 0 Å². The van der Waals surface area contributed by atoms with E-state index in [1.807, 2.05) is 24.4 Å². The lowest BCUT2D eigenvalue weighted by molar-refractivity contribution is 0.626. The van der Waals surface area contributed by atoms with E-state index in [4.69, 9.17) is 0 Å². The number of hydrogen-bond acceptors (Lipinski definition) is 1. The molecule has 0 amide bonds. The van der Waals surface area contributed by atoms with Crippen LogP contribution in [0.2, 0.25) is 0 Å². The van der Waals surface area contributed by atoms with Crippen LogP contribution in [0.15, 0.2) is 47.4 Å². The SMILES string of the molecule is CC(C)c1ccc(=O)n(C)c1.CC(C)c1ccc(F)cc1. The van der Waals surface area contributed by atoms with Crippen molar-refractivity contribution in [1.29, 1.82) is 0 Å². The minimum absolute atomic E-state index is 0.0504. The lowest BCUT2D eigenvalue weighted by Crippen LogP contribution is -2.15. The Labute approximate surface area is 126 Å². The Morgan fingerprint density at radius 1 is 0.857 bits per heavy atom. The minimum Gasteiger partial charge on any atom is -0.318 e.